The Balaban J connectivity index is 1.78. The van der Waals surface area contributed by atoms with Crippen LogP contribution in [0.15, 0.2) is 53.6 Å². The number of hydrogen-bond acceptors (Lipinski definition) is 8. The molecule has 1 aliphatic heterocycles. The number of rotatable bonds is 5. The van der Waals surface area contributed by atoms with Gasteiger partial charge in [0, 0.05) is 17.8 Å². The van der Waals surface area contributed by atoms with E-state index in [2.05, 4.69) is 10.4 Å². The Morgan fingerprint density at radius 3 is 2.48 bits per heavy atom. The van der Waals surface area contributed by atoms with Gasteiger partial charge >= 0.3 is 6.03 Å². The molecule has 2 aromatic rings. The third-order valence-electron chi connectivity index (χ3n) is 4.38. The molecule has 1 atom stereocenters. The number of phenolic OH excluding ortho intramolecular Hbond substituents is 1. The molecule has 3 rings (SSSR count). The first-order chi connectivity index (χ1) is 14.6. The number of hydrazone groups is 1. The zero-order valence-corrected chi connectivity index (χ0v) is 18.1. The van der Waals surface area contributed by atoms with Crippen LogP contribution in [-0.2, 0) is 0 Å². The average Bonchev–Trinajstić information content (AvgIpc) is 2.94. The van der Waals surface area contributed by atoms with E-state index >= 15 is 0 Å². The van der Waals surface area contributed by atoms with E-state index in [0.717, 1.165) is 0 Å². The number of carbonyl (C=O) groups is 1. The van der Waals surface area contributed by atoms with Crippen LogP contribution in [0.2, 0.25) is 0 Å². The normalized spacial score (nSPS) is 17.7. The van der Waals surface area contributed by atoms with E-state index in [1.807, 2.05) is 13.8 Å². The predicted molar refractivity (Wildman–Crippen MR) is 121 cm³/mol. The Hall–Kier alpha value is -3.22. The number of non-ortho nitro benzene ring substituents is 1. The molecule has 0 saturated carbocycles. The molecule has 0 aromatic heterocycles. The summed E-state index contributed by atoms with van der Waals surface area (Å²) in [6, 6.07) is 10.7. The monoisotopic (exact) mass is 461 g/mol. The van der Waals surface area contributed by atoms with Crippen molar-refractivity contribution in [1.82, 2.24) is 10.1 Å². The number of nitro groups is 1. The number of benzene rings is 2. The Kier molecular flexibility index (Phi) is 6.43. The average molecular weight is 462 g/mol. The molecule has 0 aliphatic carbocycles. The van der Waals surface area contributed by atoms with E-state index in [0.29, 0.717) is 14.9 Å². The fourth-order valence-corrected chi connectivity index (χ4v) is 4.66. The van der Waals surface area contributed by atoms with Gasteiger partial charge in [0.15, 0.2) is 10.5 Å². The predicted octanol–water partition coefficient (Wildman–Crippen LogP) is 4.00. The summed E-state index contributed by atoms with van der Waals surface area (Å²) in [5, 5.41) is 39.5. The summed E-state index contributed by atoms with van der Waals surface area (Å²) < 4.78 is -0.322. The maximum atomic E-state index is 12.6. The van der Waals surface area contributed by atoms with E-state index in [1.54, 1.807) is 12.1 Å². The smallest absolute Gasteiger partial charge is 0.347 e. The van der Waals surface area contributed by atoms with Gasteiger partial charge in [-0.05, 0) is 55.8 Å². The summed E-state index contributed by atoms with van der Waals surface area (Å²) in [5.41, 5.74) is 0.848. The van der Waals surface area contributed by atoms with Gasteiger partial charge in [-0.2, -0.15) is 10.2 Å². The van der Waals surface area contributed by atoms with Crippen molar-refractivity contribution in [2.45, 2.75) is 24.8 Å². The molecule has 3 N–H and O–H groups in total. The van der Waals surface area contributed by atoms with Crippen LogP contribution in [0.25, 0.3) is 0 Å². The van der Waals surface area contributed by atoms with E-state index < -0.39 is 21.9 Å². The zero-order chi connectivity index (χ0) is 22.8. The summed E-state index contributed by atoms with van der Waals surface area (Å²) in [6.45, 7) is 3.63. The number of hydroxylamine groups is 2. The van der Waals surface area contributed by atoms with Crippen LogP contribution in [-0.4, -0.2) is 52.8 Å². The van der Waals surface area contributed by atoms with Crippen molar-refractivity contribution in [2.75, 3.05) is 5.32 Å². The van der Waals surface area contributed by atoms with E-state index in [-0.39, 0.29) is 17.1 Å². The van der Waals surface area contributed by atoms with Crippen molar-refractivity contribution in [1.29, 1.82) is 0 Å². The van der Waals surface area contributed by atoms with Crippen LogP contribution in [0.4, 0.5) is 16.2 Å². The number of nitro benzene ring substituents is 1. The second-order valence-corrected chi connectivity index (χ2v) is 9.39. The molecule has 10 nitrogen and oxygen atoms in total. The molecule has 0 unspecified atom stereocenters. The number of hydrogen-bond donors (Lipinski definition) is 3. The highest BCUT2D eigenvalue weighted by atomic mass is 32.2. The lowest BCUT2D eigenvalue weighted by Crippen LogP contribution is -2.54. The quantitative estimate of drug-likeness (QED) is 0.200. The molecule has 2 amide bonds. The summed E-state index contributed by atoms with van der Waals surface area (Å²) in [4.78, 5) is 22.9. The number of aromatic hydroxyl groups is 1. The van der Waals surface area contributed by atoms with Gasteiger partial charge in [-0.25, -0.2) is 9.80 Å². The summed E-state index contributed by atoms with van der Waals surface area (Å²) >= 11 is 6.66. The van der Waals surface area contributed by atoms with Crippen molar-refractivity contribution in [2.24, 2.45) is 5.10 Å². The topological polar surface area (TPSA) is 132 Å². The highest BCUT2D eigenvalue weighted by molar-refractivity contribution is 8.24. The van der Waals surface area contributed by atoms with Gasteiger partial charge in [0.2, 0.25) is 0 Å². The number of carbonyl (C=O) groups excluding carboxylic acids is 1. The first-order valence-electron chi connectivity index (χ1n) is 8.97. The third-order valence-corrected chi connectivity index (χ3v) is 5.92. The van der Waals surface area contributed by atoms with Gasteiger partial charge in [0.25, 0.3) is 5.69 Å². The Morgan fingerprint density at radius 2 is 1.90 bits per heavy atom. The fraction of sp³-hybridized carbons (Fsp3) is 0.211. The minimum absolute atomic E-state index is 0.118. The number of urea groups is 1. The summed E-state index contributed by atoms with van der Waals surface area (Å²) in [5.74, 6) is 0.118. The fourth-order valence-electron chi connectivity index (χ4n) is 2.87. The molecule has 31 heavy (non-hydrogen) atoms. The molecule has 12 heteroatoms. The SMILES string of the molecule is CC1(C)SC(=S)N(/N=C\c2ccc(O)cc2)[C@H]1N(O)C(=O)Nc1ccc([N+](=O)[O-])cc1. The van der Waals surface area contributed by atoms with Gasteiger partial charge < -0.3 is 10.4 Å². The van der Waals surface area contributed by atoms with E-state index in [9.17, 15) is 25.2 Å². The summed E-state index contributed by atoms with van der Waals surface area (Å²) in [6.07, 6.45) is 0.583. The molecular formula is C19H19N5O5S2. The van der Waals surface area contributed by atoms with Crippen molar-refractivity contribution in [3.8, 4) is 5.75 Å². The molecule has 1 saturated heterocycles. The Bertz CT molecular complexity index is 1030. The van der Waals surface area contributed by atoms with Gasteiger partial charge in [-0.1, -0.05) is 24.0 Å². The molecule has 1 heterocycles. The lowest BCUT2D eigenvalue weighted by Gasteiger charge is -2.34. The molecule has 2 aromatic carbocycles. The second-order valence-electron chi connectivity index (χ2n) is 7.10. The lowest BCUT2D eigenvalue weighted by molar-refractivity contribution is -0.384. The van der Waals surface area contributed by atoms with Crippen LogP contribution in [0.5, 0.6) is 5.75 Å². The zero-order valence-electron chi connectivity index (χ0n) is 16.5. The van der Waals surface area contributed by atoms with Crippen molar-refractivity contribution in [3.63, 3.8) is 0 Å². The van der Waals surface area contributed by atoms with Gasteiger partial charge in [0.05, 0.1) is 15.9 Å². The Labute approximate surface area is 187 Å². The lowest BCUT2D eigenvalue weighted by atomic mass is 10.1. The number of phenols is 1. The number of amides is 2. The number of nitrogens with zero attached hydrogens (tertiary/aromatic N) is 4. The molecule has 0 spiro atoms. The molecule has 0 bridgehead atoms. The van der Waals surface area contributed by atoms with Gasteiger partial charge in [0.1, 0.15) is 5.75 Å². The highest BCUT2D eigenvalue weighted by Crippen LogP contribution is 2.42. The van der Waals surface area contributed by atoms with Crippen molar-refractivity contribution < 1.29 is 20.0 Å². The maximum Gasteiger partial charge on any atom is 0.347 e. The molecular weight excluding hydrogens is 442 g/mol. The molecule has 1 fully saturated rings. The highest BCUT2D eigenvalue weighted by Gasteiger charge is 2.50. The van der Waals surface area contributed by atoms with Crippen LogP contribution in [0.3, 0.4) is 0 Å². The molecule has 162 valence electrons. The maximum absolute atomic E-state index is 12.6. The van der Waals surface area contributed by atoms with Gasteiger partial charge in [-0.3, -0.25) is 15.3 Å². The number of thioether (sulfide) groups is 1. The van der Waals surface area contributed by atoms with Crippen molar-refractivity contribution >= 4 is 51.9 Å². The van der Waals surface area contributed by atoms with Crippen LogP contribution in [0.1, 0.15) is 19.4 Å². The van der Waals surface area contributed by atoms with Crippen molar-refractivity contribution in [3.05, 3.63) is 64.2 Å². The van der Waals surface area contributed by atoms with Crippen LogP contribution < -0.4 is 5.32 Å². The largest absolute Gasteiger partial charge is 0.508 e. The third kappa shape index (κ3) is 5.10. The van der Waals surface area contributed by atoms with Crippen LogP contribution >= 0.6 is 24.0 Å². The first-order valence-corrected chi connectivity index (χ1v) is 10.2. The first kappa shape index (κ1) is 22.5. The van der Waals surface area contributed by atoms with E-state index in [4.69, 9.17) is 12.2 Å². The number of anilines is 1. The molecule has 0 radical (unpaired) electrons. The molecule has 1 aliphatic rings. The number of thiocarbonyl (C=S) groups is 1. The Morgan fingerprint density at radius 1 is 1.29 bits per heavy atom. The van der Waals surface area contributed by atoms with Gasteiger partial charge in [-0.15, -0.1) is 0 Å². The minimum atomic E-state index is -0.920. The minimum Gasteiger partial charge on any atom is -0.508 e. The number of nitrogens with one attached hydrogen (secondary N) is 1. The van der Waals surface area contributed by atoms with E-state index in [1.165, 1.54) is 59.4 Å². The second kappa shape index (κ2) is 8.88. The summed E-state index contributed by atoms with van der Waals surface area (Å²) in [7, 11) is 0. The van der Waals surface area contributed by atoms with Crippen LogP contribution in [0, 0.1) is 10.1 Å². The standard InChI is InChI=1S/C19H19N5O5S2/c1-19(2)16(22(18(30)31-19)20-11-12-3-9-15(25)10-4-12)23(27)17(26)21-13-5-7-14(8-6-13)24(28)29/h3-11,16,25,27H,1-2H3,(H,21,26)/b20-11-/t16-/m0/s1.